The largest absolute Gasteiger partial charge is 0.493 e. The van der Waals surface area contributed by atoms with E-state index in [1.165, 1.54) is 37.5 Å². The number of methoxy groups -OCH3 is 1. The summed E-state index contributed by atoms with van der Waals surface area (Å²) in [6.07, 6.45) is 2.92. The van der Waals surface area contributed by atoms with Gasteiger partial charge in [0, 0.05) is 0 Å². The maximum Gasteiger partial charge on any atom is 0.314 e. The van der Waals surface area contributed by atoms with Gasteiger partial charge >= 0.3 is 5.97 Å². The van der Waals surface area contributed by atoms with E-state index in [2.05, 4.69) is 0 Å². The first-order valence-electron chi connectivity index (χ1n) is 8.68. The fourth-order valence-electron chi connectivity index (χ4n) is 2.53. The van der Waals surface area contributed by atoms with Crippen molar-refractivity contribution in [3.8, 4) is 17.6 Å². The van der Waals surface area contributed by atoms with E-state index in [-0.39, 0.29) is 33.2 Å². The Morgan fingerprint density at radius 2 is 1.82 bits per heavy atom. The van der Waals surface area contributed by atoms with Gasteiger partial charge in [0.05, 0.1) is 17.9 Å². The van der Waals surface area contributed by atoms with Gasteiger partial charge in [0.15, 0.2) is 11.5 Å². The van der Waals surface area contributed by atoms with E-state index < -0.39 is 9.84 Å². The van der Waals surface area contributed by atoms with E-state index in [1.54, 1.807) is 24.3 Å². The average molecular weight is 397 g/mol. The number of nitriles is 1. The second-order valence-corrected chi connectivity index (χ2v) is 8.46. The highest BCUT2D eigenvalue weighted by Gasteiger charge is 2.32. The van der Waals surface area contributed by atoms with Gasteiger partial charge in [-0.2, -0.15) is 5.26 Å². The first-order chi connectivity index (χ1) is 13.3. The molecule has 0 saturated heterocycles. The molecule has 28 heavy (non-hydrogen) atoms. The number of hydrogen-bond donors (Lipinski definition) is 0. The first kappa shape index (κ1) is 19.6. The Bertz CT molecular complexity index is 1070. The van der Waals surface area contributed by atoms with Crippen molar-refractivity contribution >= 4 is 21.9 Å². The maximum atomic E-state index is 12.7. The standard InChI is InChI=1S/C21H19NO5S/c1-14-3-8-17(9-4-14)28(24,25)18(13-22)11-15-5-10-19(20(12-15)26-2)27-21(23)16-6-7-16/h3-5,8-12,16H,6-7H2,1-2H3/b18-11+. The molecule has 0 spiro atoms. The van der Waals surface area contributed by atoms with Crippen molar-refractivity contribution in [1.29, 1.82) is 5.26 Å². The minimum absolute atomic E-state index is 0.0489. The van der Waals surface area contributed by atoms with Crippen LogP contribution in [0.2, 0.25) is 0 Å². The third kappa shape index (κ3) is 4.24. The van der Waals surface area contributed by atoms with Crippen molar-refractivity contribution in [1.82, 2.24) is 0 Å². The summed E-state index contributed by atoms with van der Waals surface area (Å²) in [7, 11) is -2.52. The summed E-state index contributed by atoms with van der Waals surface area (Å²) in [5, 5.41) is 9.41. The molecule has 0 bridgehead atoms. The number of aryl methyl sites for hydroxylation is 1. The molecule has 0 unspecified atom stereocenters. The fourth-order valence-corrected chi connectivity index (χ4v) is 3.69. The summed E-state index contributed by atoms with van der Waals surface area (Å²) >= 11 is 0. The Labute approximate surface area is 163 Å². The number of carbonyl (C=O) groups is 1. The minimum Gasteiger partial charge on any atom is -0.493 e. The van der Waals surface area contributed by atoms with Gasteiger partial charge in [0.25, 0.3) is 0 Å². The minimum atomic E-state index is -3.94. The molecule has 7 heteroatoms. The summed E-state index contributed by atoms with van der Waals surface area (Å²) in [4.78, 5) is 11.5. The summed E-state index contributed by atoms with van der Waals surface area (Å²) in [6, 6.07) is 12.7. The monoisotopic (exact) mass is 397 g/mol. The number of nitrogens with zero attached hydrogens (tertiary/aromatic N) is 1. The van der Waals surface area contributed by atoms with Gasteiger partial charge in [-0.05, 0) is 55.7 Å². The molecular weight excluding hydrogens is 378 g/mol. The molecule has 0 radical (unpaired) electrons. The van der Waals surface area contributed by atoms with Crippen LogP contribution in [-0.2, 0) is 14.6 Å². The van der Waals surface area contributed by atoms with Gasteiger partial charge in [-0.1, -0.05) is 23.8 Å². The smallest absolute Gasteiger partial charge is 0.314 e. The molecule has 6 nitrogen and oxygen atoms in total. The topological polar surface area (TPSA) is 93.5 Å². The number of carbonyl (C=O) groups excluding carboxylic acids is 1. The van der Waals surface area contributed by atoms with Crippen molar-refractivity contribution in [2.24, 2.45) is 5.92 Å². The molecule has 0 aliphatic heterocycles. The Morgan fingerprint density at radius 1 is 1.14 bits per heavy atom. The number of ether oxygens (including phenoxy) is 2. The van der Waals surface area contributed by atoms with E-state index in [9.17, 15) is 18.5 Å². The van der Waals surface area contributed by atoms with Crippen molar-refractivity contribution in [2.75, 3.05) is 7.11 Å². The van der Waals surface area contributed by atoms with Gasteiger partial charge in [0.2, 0.25) is 9.84 Å². The molecule has 1 aliphatic carbocycles. The van der Waals surface area contributed by atoms with Crippen LogP contribution in [0, 0.1) is 24.2 Å². The SMILES string of the molecule is COc1cc(/C=C(\C#N)S(=O)(=O)c2ccc(C)cc2)ccc1OC(=O)C1CC1. The molecule has 0 amide bonds. The summed E-state index contributed by atoms with van der Waals surface area (Å²) in [5.74, 6) is 0.180. The molecule has 144 valence electrons. The summed E-state index contributed by atoms with van der Waals surface area (Å²) < 4.78 is 36.0. The van der Waals surface area contributed by atoms with Crippen LogP contribution in [0.3, 0.4) is 0 Å². The van der Waals surface area contributed by atoms with Crippen LogP contribution in [0.1, 0.15) is 24.0 Å². The van der Waals surface area contributed by atoms with Gasteiger partial charge in [0.1, 0.15) is 11.0 Å². The zero-order valence-corrected chi connectivity index (χ0v) is 16.3. The third-order valence-electron chi connectivity index (χ3n) is 4.34. The lowest BCUT2D eigenvalue weighted by atomic mass is 10.2. The number of allylic oxidation sites excluding steroid dienone is 1. The van der Waals surface area contributed by atoms with Gasteiger partial charge in [-0.3, -0.25) is 4.79 Å². The van der Waals surface area contributed by atoms with Crippen LogP contribution in [0.25, 0.3) is 6.08 Å². The van der Waals surface area contributed by atoms with Crippen LogP contribution in [0.4, 0.5) is 0 Å². The number of sulfone groups is 1. The highest BCUT2D eigenvalue weighted by Crippen LogP contribution is 2.34. The lowest BCUT2D eigenvalue weighted by Crippen LogP contribution is -2.10. The molecule has 0 N–H and O–H groups in total. The Hall–Kier alpha value is -3.11. The molecule has 0 heterocycles. The predicted molar refractivity (Wildman–Crippen MR) is 103 cm³/mol. The van der Waals surface area contributed by atoms with Gasteiger partial charge in [-0.25, -0.2) is 8.42 Å². The van der Waals surface area contributed by atoms with E-state index >= 15 is 0 Å². The first-order valence-corrected chi connectivity index (χ1v) is 10.2. The molecular formula is C21H19NO5S. The Morgan fingerprint density at radius 3 is 2.39 bits per heavy atom. The van der Waals surface area contributed by atoms with Crippen molar-refractivity contribution in [3.63, 3.8) is 0 Å². The van der Waals surface area contributed by atoms with Crippen LogP contribution in [0.5, 0.6) is 11.5 Å². The quantitative estimate of drug-likeness (QED) is 0.419. The number of rotatable bonds is 6. The number of benzene rings is 2. The van der Waals surface area contributed by atoms with Crippen molar-refractivity contribution in [2.45, 2.75) is 24.7 Å². The van der Waals surface area contributed by atoms with Crippen molar-refractivity contribution in [3.05, 3.63) is 58.5 Å². The van der Waals surface area contributed by atoms with Gasteiger partial charge in [-0.15, -0.1) is 0 Å². The summed E-state index contributed by atoms with van der Waals surface area (Å²) in [6.45, 7) is 1.85. The van der Waals surface area contributed by atoms with Crippen LogP contribution in [0.15, 0.2) is 52.3 Å². The highest BCUT2D eigenvalue weighted by molar-refractivity contribution is 7.95. The van der Waals surface area contributed by atoms with Crippen LogP contribution < -0.4 is 9.47 Å². The Balaban J connectivity index is 1.92. The number of esters is 1. The zero-order valence-electron chi connectivity index (χ0n) is 15.5. The molecule has 0 atom stereocenters. The van der Waals surface area contributed by atoms with Crippen molar-refractivity contribution < 1.29 is 22.7 Å². The fraction of sp³-hybridized carbons (Fsp3) is 0.238. The highest BCUT2D eigenvalue weighted by atomic mass is 32.2. The Kier molecular flexibility index (Phi) is 5.52. The second kappa shape index (κ2) is 7.87. The predicted octanol–water partition coefficient (Wildman–Crippen LogP) is 3.66. The molecule has 1 fully saturated rings. The van der Waals surface area contributed by atoms with E-state index in [4.69, 9.17) is 9.47 Å². The zero-order chi connectivity index (χ0) is 20.3. The van der Waals surface area contributed by atoms with E-state index in [1.807, 2.05) is 6.92 Å². The molecule has 2 aromatic rings. The summed E-state index contributed by atoms with van der Waals surface area (Å²) in [5.41, 5.74) is 1.36. The van der Waals surface area contributed by atoms with Gasteiger partial charge < -0.3 is 9.47 Å². The third-order valence-corrected chi connectivity index (χ3v) is 6.02. The second-order valence-electron chi connectivity index (χ2n) is 6.54. The van der Waals surface area contributed by atoms with E-state index in [0.29, 0.717) is 5.56 Å². The molecule has 3 rings (SSSR count). The van der Waals surface area contributed by atoms with Crippen LogP contribution in [-0.4, -0.2) is 21.5 Å². The average Bonchev–Trinajstić information content (AvgIpc) is 3.52. The molecule has 2 aromatic carbocycles. The van der Waals surface area contributed by atoms with E-state index in [0.717, 1.165) is 18.4 Å². The maximum absolute atomic E-state index is 12.7. The molecule has 1 saturated carbocycles. The van der Waals surface area contributed by atoms with Crippen LogP contribution >= 0.6 is 0 Å². The lowest BCUT2D eigenvalue weighted by Gasteiger charge is -2.10. The lowest BCUT2D eigenvalue weighted by molar-refractivity contribution is -0.135. The normalized spacial score (nSPS) is 14.2. The number of hydrogen-bond acceptors (Lipinski definition) is 6. The molecule has 0 aromatic heterocycles. The molecule has 1 aliphatic rings.